The topological polar surface area (TPSA) is 41.6 Å². The number of nitrogens with zero attached hydrogens (tertiary/aromatic N) is 1. The number of halogens is 1. The Morgan fingerprint density at radius 2 is 2.40 bits per heavy atom. The van der Waals surface area contributed by atoms with Gasteiger partial charge in [0.05, 0.1) is 5.54 Å². The first kappa shape index (κ1) is 13.7. The lowest BCUT2D eigenvalue weighted by Crippen LogP contribution is -2.50. The predicted octanol–water partition coefficient (Wildman–Crippen LogP) is 2.66. The Morgan fingerprint density at radius 3 is 3.10 bits per heavy atom. The van der Waals surface area contributed by atoms with Crippen molar-refractivity contribution in [1.29, 1.82) is 0 Å². The van der Waals surface area contributed by atoms with Gasteiger partial charge in [-0.2, -0.15) is 0 Å². The van der Waals surface area contributed by atoms with Crippen molar-refractivity contribution in [2.75, 3.05) is 19.7 Å². The molecule has 0 saturated carbocycles. The number of hydrogen-bond acceptors (Lipinski definition) is 3. The van der Waals surface area contributed by atoms with E-state index >= 15 is 0 Å². The molecule has 1 aromatic carbocycles. The molecule has 2 aliphatic heterocycles. The lowest BCUT2D eigenvalue weighted by molar-refractivity contribution is 0.117. The smallest absolute Gasteiger partial charge is 0.410 e. The van der Waals surface area contributed by atoms with Gasteiger partial charge in [-0.3, -0.25) is 4.90 Å². The van der Waals surface area contributed by atoms with Gasteiger partial charge in [-0.25, -0.2) is 4.79 Å². The fourth-order valence-corrected chi connectivity index (χ4v) is 3.37. The monoisotopic (exact) mass is 294 g/mol. The van der Waals surface area contributed by atoms with Crippen LogP contribution in [0.4, 0.5) is 4.79 Å². The number of nitrogens with one attached hydrogen (secondary N) is 1. The van der Waals surface area contributed by atoms with E-state index in [0.717, 1.165) is 25.1 Å². The molecule has 2 saturated heterocycles. The largest absolute Gasteiger partial charge is 0.447 e. The van der Waals surface area contributed by atoms with Gasteiger partial charge in [-0.05, 0) is 43.5 Å². The first-order valence-electron chi connectivity index (χ1n) is 6.99. The zero-order valence-electron chi connectivity index (χ0n) is 11.6. The van der Waals surface area contributed by atoms with Crippen LogP contribution in [0.2, 0.25) is 5.02 Å². The van der Waals surface area contributed by atoms with Crippen molar-refractivity contribution < 1.29 is 9.53 Å². The van der Waals surface area contributed by atoms with Crippen LogP contribution in [0.5, 0.6) is 0 Å². The minimum absolute atomic E-state index is 0.223. The highest BCUT2D eigenvalue weighted by molar-refractivity contribution is 6.30. The Kier molecular flexibility index (Phi) is 3.61. The van der Waals surface area contributed by atoms with Crippen LogP contribution in [0.15, 0.2) is 24.3 Å². The lowest BCUT2D eigenvalue weighted by Gasteiger charge is -2.36. The van der Waals surface area contributed by atoms with Gasteiger partial charge in [0.25, 0.3) is 0 Å². The van der Waals surface area contributed by atoms with Crippen LogP contribution in [0, 0.1) is 5.92 Å². The fourth-order valence-electron chi connectivity index (χ4n) is 3.16. The number of carbonyl (C=O) groups excluding carboxylic acids is 1. The molecule has 20 heavy (non-hydrogen) atoms. The molecule has 2 atom stereocenters. The number of cyclic esters (lactones) is 1. The van der Waals surface area contributed by atoms with Gasteiger partial charge in [0, 0.05) is 18.1 Å². The highest BCUT2D eigenvalue weighted by Crippen LogP contribution is 2.36. The second-order valence-corrected chi connectivity index (χ2v) is 6.25. The van der Waals surface area contributed by atoms with Crippen molar-refractivity contribution in [2.24, 2.45) is 5.92 Å². The summed E-state index contributed by atoms with van der Waals surface area (Å²) in [4.78, 5) is 13.9. The molecule has 1 N–H and O–H groups in total. The molecule has 0 radical (unpaired) electrons. The molecule has 0 spiro atoms. The number of rotatable bonds is 3. The molecule has 2 unspecified atom stereocenters. The van der Waals surface area contributed by atoms with E-state index in [4.69, 9.17) is 16.3 Å². The summed E-state index contributed by atoms with van der Waals surface area (Å²) in [6, 6.07) is 7.65. The normalized spacial score (nSPS) is 29.8. The van der Waals surface area contributed by atoms with Gasteiger partial charge >= 0.3 is 6.09 Å². The zero-order chi connectivity index (χ0) is 14.2. The Labute approximate surface area is 124 Å². The van der Waals surface area contributed by atoms with Crippen LogP contribution in [0.3, 0.4) is 0 Å². The quantitative estimate of drug-likeness (QED) is 0.932. The van der Waals surface area contributed by atoms with Crippen LogP contribution in [0.1, 0.15) is 18.9 Å². The van der Waals surface area contributed by atoms with Gasteiger partial charge in [0.1, 0.15) is 6.61 Å². The summed E-state index contributed by atoms with van der Waals surface area (Å²) < 4.78 is 5.32. The predicted molar refractivity (Wildman–Crippen MR) is 77.7 cm³/mol. The lowest BCUT2D eigenvalue weighted by atomic mass is 9.84. The molecule has 4 nitrogen and oxygen atoms in total. The van der Waals surface area contributed by atoms with Crippen LogP contribution in [-0.4, -0.2) is 36.2 Å². The summed E-state index contributed by atoms with van der Waals surface area (Å²) in [5.74, 6) is 0.438. The Balaban J connectivity index is 1.83. The highest BCUT2D eigenvalue weighted by atomic mass is 35.5. The van der Waals surface area contributed by atoms with Gasteiger partial charge in [0.2, 0.25) is 0 Å². The van der Waals surface area contributed by atoms with Crippen LogP contribution in [-0.2, 0) is 11.3 Å². The standard InChI is InChI=1S/C15H19ClN2O2/c1-15(12-5-6-17-8-12)10-20-14(19)18(15)9-11-3-2-4-13(16)7-11/h2-4,7,12,17H,5-6,8-10H2,1H3. The first-order valence-corrected chi connectivity index (χ1v) is 7.37. The number of amides is 1. The van der Waals surface area contributed by atoms with E-state index in [2.05, 4.69) is 12.2 Å². The van der Waals surface area contributed by atoms with Crippen molar-refractivity contribution in [3.63, 3.8) is 0 Å². The highest BCUT2D eigenvalue weighted by Gasteiger charge is 2.49. The molecule has 1 aromatic rings. The van der Waals surface area contributed by atoms with Crippen molar-refractivity contribution in [3.8, 4) is 0 Å². The molecule has 1 amide bonds. The third kappa shape index (κ3) is 2.38. The number of ether oxygens (including phenoxy) is 1. The van der Waals surface area contributed by atoms with E-state index in [9.17, 15) is 4.79 Å². The van der Waals surface area contributed by atoms with Crippen molar-refractivity contribution >= 4 is 17.7 Å². The summed E-state index contributed by atoms with van der Waals surface area (Å²) in [5, 5.41) is 4.06. The Bertz CT molecular complexity index is 516. The van der Waals surface area contributed by atoms with Gasteiger partial charge < -0.3 is 10.1 Å². The van der Waals surface area contributed by atoms with E-state index < -0.39 is 0 Å². The summed E-state index contributed by atoms with van der Waals surface area (Å²) >= 11 is 6.02. The Morgan fingerprint density at radius 1 is 1.55 bits per heavy atom. The minimum atomic E-state index is -0.233. The molecule has 5 heteroatoms. The first-order chi connectivity index (χ1) is 9.59. The minimum Gasteiger partial charge on any atom is -0.447 e. The molecule has 2 aliphatic rings. The summed E-state index contributed by atoms with van der Waals surface area (Å²) in [7, 11) is 0. The second kappa shape index (κ2) is 5.26. The number of benzene rings is 1. The SMILES string of the molecule is CC1(C2CCNC2)COC(=O)N1Cc1cccc(Cl)c1. The third-order valence-corrected chi connectivity index (χ3v) is 4.73. The van der Waals surface area contributed by atoms with Crippen LogP contribution < -0.4 is 5.32 Å². The fraction of sp³-hybridized carbons (Fsp3) is 0.533. The summed E-state index contributed by atoms with van der Waals surface area (Å²) in [5.41, 5.74) is 0.802. The maximum absolute atomic E-state index is 12.1. The van der Waals surface area contributed by atoms with E-state index in [-0.39, 0.29) is 11.6 Å². The third-order valence-electron chi connectivity index (χ3n) is 4.49. The maximum atomic E-state index is 12.1. The summed E-state index contributed by atoms with van der Waals surface area (Å²) in [6.45, 7) is 5.10. The van der Waals surface area contributed by atoms with E-state index in [1.165, 1.54) is 0 Å². The van der Waals surface area contributed by atoms with Crippen LogP contribution >= 0.6 is 11.6 Å². The molecule has 3 rings (SSSR count). The number of carbonyl (C=O) groups is 1. The van der Waals surface area contributed by atoms with E-state index in [0.29, 0.717) is 24.1 Å². The van der Waals surface area contributed by atoms with E-state index in [1.807, 2.05) is 29.2 Å². The Hall–Kier alpha value is -1.26. The molecule has 0 bridgehead atoms. The molecule has 0 aromatic heterocycles. The van der Waals surface area contributed by atoms with Gasteiger partial charge in [-0.15, -0.1) is 0 Å². The molecule has 2 heterocycles. The van der Waals surface area contributed by atoms with E-state index in [1.54, 1.807) is 0 Å². The molecule has 0 aliphatic carbocycles. The second-order valence-electron chi connectivity index (χ2n) is 5.82. The van der Waals surface area contributed by atoms with Crippen molar-refractivity contribution in [3.05, 3.63) is 34.9 Å². The van der Waals surface area contributed by atoms with Gasteiger partial charge in [-0.1, -0.05) is 23.7 Å². The number of hydrogen-bond donors (Lipinski definition) is 1. The average molecular weight is 295 g/mol. The summed E-state index contributed by atoms with van der Waals surface area (Å²) in [6.07, 6.45) is 0.860. The molecular formula is C15H19ClN2O2. The average Bonchev–Trinajstić information content (AvgIpc) is 3.04. The van der Waals surface area contributed by atoms with Gasteiger partial charge in [0.15, 0.2) is 0 Å². The molecular weight excluding hydrogens is 276 g/mol. The molecule has 108 valence electrons. The van der Waals surface area contributed by atoms with Crippen molar-refractivity contribution in [2.45, 2.75) is 25.4 Å². The zero-order valence-corrected chi connectivity index (χ0v) is 12.3. The maximum Gasteiger partial charge on any atom is 0.410 e. The molecule has 2 fully saturated rings. The van der Waals surface area contributed by atoms with Crippen LogP contribution in [0.25, 0.3) is 0 Å². The van der Waals surface area contributed by atoms with Crippen molar-refractivity contribution in [1.82, 2.24) is 10.2 Å².